The van der Waals surface area contributed by atoms with Gasteiger partial charge in [-0.25, -0.2) is 4.98 Å². The Labute approximate surface area is 193 Å². The van der Waals surface area contributed by atoms with Crippen molar-refractivity contribution in [2.24, 2.45) is 4.40 Å². The second-order valence-corrected chi connectivity index (χ2v) is 10.4. The number of amides is 1. The average Bonchev–Trinajstić information content (AvgIpc) is 3.26. The predicted molar refractivity (Wildman–Crippen MR) is 123 cm³/mol. The first-order valence-electron chi connectivity index (χ1n) is 9.07. The van der Waals surface area contributed by atoms with Crippen molar-refractivity contribution in [3.63, 3.8) is 0 Å². The molecular weight excluding hydrogens is 479 g/mol. The Kier molecular flexibility index (Phi) is 6.02. The third kappa shape index (κ3) is 4.74. The number of carbonyl (C=O) groups is 1. The molecule has 31 heavy (non-hydrogen) atoms. The molecule has 1 aliphatic heterocycles. The van der Waals surface area contributed by atoms with Crippen molar-refractivity contribution in [1.29, 1.82) is 0 Å². The Balaban J connectivity index is 1.41. The summed E-state index contributed by atoms with van der Waals surface area (Å²) in [6.07, 6.45) is 2.21. The number of aromatic nitrogens is 1. The molecule has 0 spiro atoms. The molecular formula is C20H16Cl2N4O3S2. The second kappa shape index (κ2) is 8.58. The fourth-order valence-electron chi connectivity index (χ4n) is 3.13. The van der Waals surface area contributed by atoms with Gasteiger partial charge in [0.15, 0.2) is 11.0 Å². The zero-order chi connectivity index (χ0) is 22.2. The van der Waals surface area contributed by atoms with Gasteiger partial charge in [0.25, 0.3) is 10.0 Å². The van der Waals surface area contributed by atoms with Gasteiger partial charge in [-0.15, -0.1) is 15.7 Å². The van der Waals surface area contributed by atoms with Crippen LogP contribution in [0.1, 0.15) is 16.0 Å². The van der Waals surface area contributed by atoms with E-state index in [1.807, 2.05) is 0 Å². The van der Waals surface area contributed by atoms with E-state index in [-0.39, 0.29) is 23.2 Å². The molecule has 1 amide bonds. The first kappa shape index (κ1) is 21.8. The molecule has 1 aromatic heterocycles. The minimum atomic E-state index is -3.74. The van der Waals surface area contributed by atoms with Crippen molar-refractivity contribution >= 4 is 61.4 Å². The molecule has 1 aliphatic rings. The topological polar surface area (TPSA) is 91.7 Å². The summed E-state index contributed by atoms with van der Waals surface area (Å²) in [5.74, 6) is -0.102. The number of nitrogens with one attached hydrogen (secondary N) is 1. The molecule has 1 N–H and O–H groups in total. The largest absolute Gasteiger partial charge is 0.349 e. The lowest BCUT2D eigenvalue weighted by atomic mass is 10.1. The van der Waals surface area contributed by atoms with Crippen molar-refractivity contribution < 1.29 is 13.2 Å². The lowest BCUT2D eigenvalue weighted by Crippen LogP contribution is -2.34. The maximum atomic E-state index is 12.5. The van der Waals surface area contributed by atoms with Gasteiger partial charge in [-0.05, 0) is 35.9 Å². The van der Waals surface area contributed by atoms with Crippen molar-refractivity contribution in [3.8, 4) is 0 Å². The number of amidine groups is 1. The van der Waals surface area contributed by atoms with Crippen molar-refractivity contribution in [3.05, 3.63) is 74.7 Å². The van der Waals surface area contributed by atoms with E-state index < -0.39 is 10.0 Å². The Morgan fingerprint density at radius 3 is 2.77 bits per heavy atom. The van der Waals surface area contributed by atoms with Crippen LogP contribution in [0.15, 0.2) is 58.0 Å². The molecule has 0 bridgehead atoms. The van der Waals surface area contributed by atoms with Gasteiger partial charge in [0.2, 0.25) is 5.91 Å². The quantitative estimate of drug-likeness (QED) is 0.577. The van der Waals surface area contributed by atoms with Gasteiger partial charge in [-0.2, -0.15) is 8.42 Å². The van der Waals surface area contributed by atoms with E-state index in [2.05, 4.69) is 14.7 Å². The van der Waals surface area contributed by atoms with E-state index in [4.69, 9.17) is 23.2 Å². The van der Waals surface area contributed by atoms with Gasteiger partial charge < -0.3 is 10.2 Å². The zero-order valence-corrected chi connectivity index (χ0v) is 19.3. The summed E-state index contributed by atoms with van der Waals surface area (Å²) < 4.78 is 28.2. The Bertz CT molecular complexity index is 1310. The van der Waals surface area contributed by atoms with Crippen LogP contribution in [0, 0.1) is 0 Å². The van der Waals surface area contributed by atoms with Gasteiger partial charge in [0.1, 0.15) is 4.90 Å². The van der Waals surface area contributed by atoms with E-state index in [9.17, 15) is 13.2 Å². The number of thiazole rings is 1. The number of sulfonamides is 1. The van der Waals surface area contributed by atoms with E-state index in [1.165, 1.54) is 22.3 Å². The highest BCUT2D eigenvalue weighted by molar-refractivity contribution is 7.90. The van der Waals surface area contributed by atoms with Crippen LogP contribution in [0.2, 0.25) is 10.0 Å². The normalized spacial score (nSPS) is 14.1. The fourth-order valence-corrected chi connectivity index (χ4v) is 5.61. The lowest BCUT2D eigenvalue weighted by Gasteiger charge is -2.17. The standard InChI is InChI=1S/C20H16Cl2N4O3S2/c1-26(19-15-4-2-3-5-17(15)31(28,29)25-19)11-18(27)24-20-23-10-14(30-20)9-12-8-13(21)6-7-16(12)22/h2-8,10H,9,11H2,1H3,(H,23,24,27). The summed E-state index contributed by atoms with van der Waals surface area (Å²) in [5, 5.41) is 4.38. The first-order chi connectivity index (χ1) is 14.7. The Hall–Kier alpha value is -2.46. The number of likely N-dealkylation sites (N-methyl/N-ethyl adjacent to an activating group) is 1. The highest BCUT2D eigenvalue weighted by atomic mass is 35.5. The van der Waals surface area contributed by atoms with Gasteiger partial charge >= 0.3 is 0 Å². The number of nitrogens with zero attached hydrogens (tertiary/aromatic N) is 3. The van der Waals surface area contributed by atoms with Crippen LogP contribution >= 0.6 is 34.5 Å². The van der Waals surface area contributed by atoms with Gasteiger partial charge in [0, 0.05) is 40.2 Å². The summed E-state index contributed by atoms with van der Waals surface area (Å²) in [5.41, 5.74) is 1.35. The summed E-state index contributed by atoms with van der Waals surface area (Å²) >= 11 is 13.6. The van der Waals surface area contributed by atoms with Crippen LogP contribution in [0.3, 0.4) is 0 Å². The van der Waals surface area contributed by atoms with Gasteiger partial charge in [0.05, 0.1) is 6.54 Å². The molecule has 4 rings (SSSR count). The van der Waals surface area contributed by atoms with Gasteiger partial charge in [-0.3, -0.25) is 4.79 Å². The molecule has 2 heterocycles. The number of halogens is 2. The highest BCUT2D eigenvalue weighted by Crippen LogP contribution is 2.28. The number of hydrogen-bond donors (Lipinski definition) is 1. The van der Waals surface area contributed by atoms with Crippen LogP contribution in [0.5, 0.6) is 0 Å². The smallest absolute Gasteiger partial charge is 0.285 e. The number of fused-ring (bicyclic) bond motifs is 1. The molecule has 0 saturated heterocycles. The molecule has 2 aromatic carbocycles. The van der Waals surface area contributed by atoms with Gasteiger partial charge in [-0.1, -0.05) is 35.3 Å². The fraction of sp³-hybridized carbons (Fsp3) is 0.150. The van der Waals surface area contributed by atoms with Crippen LogP contribution in [0.25, 0.3) is 0 Å². The molecule has 0 fully saturated rings. The Morgan fingerprint density at radius 1 is 1.19 bits per heavy atom. The number of anilines is 1. The SMILES string of the molecule is CN(CC(=O)Nc1ncc(Cc2cc(Cl)ccc2Cl)s1)C1=NS(=O)(=O)c2ccccc21. The summed E-state index contributed by atoms with van der Waals surface area (Å²) in [4.78, 5) is 19.3. The number of hydrogen-bond acceptors (Lipinski definition) is 6. The number of rotatable bonds is 5. The van der Waals surface area contributed by atoms with E-state index in [0.717, 1.165) is 10.4 Å². The van der Waals surface area contributed by atoms with E-state index in [0.29, 0.717) is 27.2 Å². The first-order valence-corrected chi connectivity index (χ1v) is 12.1. The maximum Gasteiger partial charge on any atom is 0.285 e. The second-order valence-electron chi connectivity index (χ2n) is 6.83. The summed E-state index contributed by atoms with van der Waals surface area (Å²) in [6.45, 7) is -0.0856. The Morgan fingerprint density at radius 2 is 1.97 bits per heavy atom. The average molecular weight is 495 g/mol. The molecule has 0 radical (unpaired) electrons. The molecule has 3 aromatic rings. The number of benzene rings is 2. The number of carbonyl (C=O) groups excluding carboxylic acids is 1. The lowest BCUT2D eigenvalue weighted by molar-refractivity contribution is -0.116. The minimum Gasteiger partial charge on any atom is -0.349 e. The van der Waals surface area contributed by atoms with Crippen LogP contribution in [0.4, 0.5) is 5.13 Å². The third-order valence-electron chi connectivity index (χ3n) is 4.53. The predicted octanol–water partition coefficient (Wildman–Crippen LogP) is 4.06. The maximum absolute atomic E-state index is 12.5. The van der Waals surface area contributed by atoms with Crippen LogP contribution in [-0.4, -0.2) is 43.6 Å². The minimum absolute atomic E-state index is 0.0856. The molecule has 0 saturated carbocycles. The van der Waals surface area contributed by atoms with Crippen LogP contribution in [-0.2, 0) is 21.2 Å². The van der Waals surface area contributed by atoms with Crippen molar-refractivity contribution in [2.75, 3.05) is 18.9 Å². The van der Waals surface area contributed by atoms with Crippen molar-refractivity contribution in [1.82, 2.24) is 9.88 Å². The monoisotopic (exact) mass is 494 g/mol. The highest BCUT2D eigenvalue weighted by Gasteiger charge is 2.31. The molecule has 0 unspecified atom stereocenters. The summed E-state index contributed by atoms with van der Waals surface area (Å²) in [6, 6.07) is 11.8. The van der Waals surface area contributed by atoms with Crippen LogP contribution < -0.4 is 5.32 Å². The molecule has 0 aliphatic carbocycles. The zero-order valence-electron chi connectivity index (χ0n) is 16.2. The third-order valence-corrected chi connectivity index (χ3v) is 7.37. The molecule has 7 nitrogen and oxygen atoms in total. The molecule has 11 heteroatoms. The molecule has 160 valence electrons. The van der Waals surface area contributed by atoms with E-state index >= 15 is 0 Å². The summed E-state index contributed by atoms with van der Waals surface area (Å²) in [7, 11) is -2.13. The van der Waals surface area contributed by atoms with Crippen molar-refractivity contribution in [2.45, 2.75) is 11.3 Å². The van der Waals surface area contributed by atoms with E-state index in [1.54, 1.807) is 49.6 Å². The molecule has 0 atom stereocenters.